The summed E-state index contributed by atoms with van der Waals surface area (Å²) in [5, 5.41) is 12.1. The zero-order valence-corrected chi connectivity index (χ0v) is 9.95. The summed E-state index contributed by atoms with van der Waals surface area (Å²) in [4.78, 5) is 16.0. The molecule has 0 spiro atoms. The molecule has 1 aromatic rings. The molecule has 0 aliphatic carbocycles. The van der Waals surface area contributed by atoms with Crippen molar-refractivity contribution in [1.82, 2.24) is 0 Å². The summed E-state index contributed by atoms with van der Waals surface area (Å²) in [5.41, 5.74) is 1.58. The molecule has 4 nitrogen and oxygen atoms in total. The summed E-state index contributed by atoms with van der Waals surface area (Å²) in [5.74, 6) is -1.03. The van der Waals surface area contributed by atoms with E-state index >= 15 is 0 Å². The number of aliphatic carboxylic acids is 1. The fourth-order valence-corrected chi connectivity index (χ4v) is 1.48. The molecule has 86 valence electrons. The number of rotatable bonds is 5. The van der Waals surface area contributed by atoms with Crippen LogP contribution in [0.25, 0.3) is 0 Å². The van der Waals surface area contributed by atoms with Crippen molar-refractivity contribution in [2.24, 2.45) is 5.16 Å². The largest absolute Gasteiger partial charge is 0.479 e. The summed E-state index contributed by atoms with van der Waals surface area (Å²) in [6, 6.07) is 7.82. The quantitative estimate of drug-likeness (QED) is 0.486. The average Bonchev–Trinajstić information content (AvgIpc) is 2.28. The normalized spacial score (nSPS) is 11.2. The topological polar surface area (TPSA) is 58.9 Å². The predicted octanol–water partition coefficient (Wildman–Crippen LogP) is 2.23. The van der Waals surface area contributed by atoms with Crippen LogP contribution >= 0.6 is 11.8 Å². The highest BCUT2D eigenvalue weighted by Crippen LogP contribution is 2.15. The molecular formula is C11H13NO3S. The van der Waals surface area contributed by atoms with Crippen LogP contribution in [0.1, 0.15) is 12.5 Å². The first-order valence-electron chi connectivity index (χ1n) is 4.66. The van der Waals surface area contributed by atoms with Gasteiger partial charge in [-0.1, -0.05) is 17.3 Å². The maximum absolute atomic E-state index is 10.2. The van der Waals surface area contributed by atoms with Crippen molar-refractivity contribution in [2.75, 3.05) is 12.9 Å². The van der Waals surface area contributed by atoms with Gasteiger partial charge >= 0.3 is 5.97 Å². The Kier molecular flexibility index (Phi) is 4.85. The van der Waals surface area contributed by atoms with Gasteiger partial charge in [0.1, 0.15) is 0 Å². The summed E-state index contributed by atoms with van der Waals surface area (Å²) in [6.45, 7) is 1.36. The van der Waals surface area contributed by atoms with Crippen LogP contribution in [-0.4, -0.2) is 29.7 Å². The van der Waals surface area contributed by atoms with Crippen LogP contribution in [0.5, 0.6) is 0 Å². The molecule has 5 heteroatoms. The van der Waals surface area contributed by atoms with Crippen LogP contribution in [0.4, 0.5) is 0 Å². The number of hydrogen-bond donors (Lipinski definition) is 1. The molecule has 0 unspecified atom stereocenters. The monoisotopic (exact) mass is 239 g/mol. The number of carboxylic acid groups (broad SMARTS) is 1. The Hall–Kier alpha value is -1.49. The smallest absolute Gasteiger partial charge is 0.344 e. The lowest BCUT2D eigenvalue weighted by Gasteiger charge is -2.01. The Bertz CT molecular complexity index is 387. The number of oxime groups is 1. The Morgan fingerprint density at radius 2 is 2.06 bits per heavy atom. The minimum Gasteiger partial charge on any atom is -0.479 e. The first-order chi connectivity index (χ1) is 7.63. The van der Waals surface area contributed by atoms with Gasteiger partial charge in [0.2, 0.25) is 6.61 Å². The molecule has 0 saturated heterocycles. The minimum absolute atomic E-state index is 0.416. The van der Waals surface area contributed by atoms with Crippen LogP contribution in [0, 0.1) is 0 Å². The van der Waals surface area contributed by atoms with Crippen LogP contribution in [-0.2, 0) is 9.63 Å². The Balaban J connectivity index is 2.64. The van der Waals surface area contributed by atoms with Gasteiger partial charge in [-0.25, -0.2) is 4.79 Å². The minimum atomic E-state index is -1.03. The van der Waals surface area contributed by atoms with Crippen molar-refractivity contribution in [3.63, 3.8) is 0 Å². The molecule has 0 fully saturated rings. The van der Waals surface area contributed by atoms with E-state index in [9.17, 15) is 4.79 Å². The third-order valence-corrected chi connectivity index (χ3v) is 2.64. The highest BCUT2D eigenvalue weighted by Gasteiger charge is 1.99. The van der Waals surface area contributed by atoms with Crippen LogP contribution < -0.4 is 0 Å². The fourth-order valence-electron chi connectivity index (χ4n) is 1.07. The van der Waals surface area contributed by atoms with E-state index in [4.69, 9.17) is 5.11 Å². The molecule has 0 amide bonds. The van der Waals surface area contributed by atoms with Gasteiger partial charge in [-0.3, -0.25) is 0 Å². The molecule has 0 aliphatic heterocycles. The SMILES string of the molecule is CSc1ccc(/C(C)=N/OCC(=O)O)cc1. The maximum Gasteiger partial charge on any atom is 0.344 e. The van der Waals surface area contributed by atoms with Crippen molar-refractivity contribution in [3.05, 3.63) is 29.8 Å². The first-order valence-corrected chi connectivity index (χ1v) is 5.88. The summed E-state index contributed by atoms with van der Waals surface area (Å²) in [6.07, 6.45) is 2.01. The summed E-state index contributed by atoms with van der Waals surface area (Å²) in [7, 11) is 0. The molecule has 1 rings (SSSR count). The van der Waals surface area contributed by atoms with E-state index in [0.717, 1.165) is 5.56 Å². The van der Waals surface area contributed by atoms with E-state index in [2.05, 4.69) is 9.99 Å². The summed E-state index contributed by atoms with van der Waals surface area (Å²) >= 11 is 1.66. The van der Waals surface area contributed by atoms with Gasteiger partial charge in [0.25, 0.3) is 0 Å². The second-order valence-electron chi connectivity index (χ2n) is 3.07. The highest BCUT2D eigenvalue weighted by atomic mass is 32.2. The van der Waals surface area contributed by atoms with E-state index in [0.29, 0.717) is 5.71 Å². The zero-order chi connectivity index (χ0) is 12.0. The van der Waals surface area contributed by atoms with Gasteiger partial charge in [-0.05, 0) is 30.9 Å². The van der Waals surface area contributed by atoms with Gasteiger partial charge in [-0.15, -0.1) is 11.8 Å². The lowest BCUT2D eigenvalue weighted by Crippen LogP contribution is -2.05. The fraction of sp³-hybridized carbons (Fsp3) is 0.273. The van der Waals surface area contributed by atoms with Crippen LogP contribution in [0.15, 0.2) is 34.3 Å². The van der Waals surface area contributed by atoms with Crippen LogP contribution in [0.2, 0.25) is 0 Å². The van der Waals surface area contributed by atoms with E-state index in [-0.39, 0.29) is 0 Å². The second-order valence-corrected chi connectivity index (χ2v) is 3.95. The van der Waals surface area contributed by atoms with Crippen molar-refractivity contribution >= 4 is 23.4 Å². The van der Waals surface area contributed by atoms with E-state index in [1.54, 1.807) is 18.7 Å². The molecule has 0 radical (unpaired) electrons. The molecule has 0 heterocycles. The molecular weight excluding hydrogens is 226 g/mol. The Labute approximate surface area is 98.3 Å². The Morgan fingerprint density at radius 3 is 2.56 bits per heavy atom. The molecule has 1 N–H and O–H groups in total. The van der Waals surface area contributed by atoms with E-state index in [1.807, 2.05) is 30.5 Å². The van der Waals surface area contributed by atoms with E-state index in [1.165, 1.54) is 4.90 Å². The predicted molar refractivity (Wildman–Crippen MR) is 64.0 cm³/mol. The second kappa shape index (κ2) is 6.17. The zero-order valence-electron chi connectivity index (χ0n) is 9.14. The first kappa shape index (κ1) is 12.6. The van der Waals surface area contributed by atoms with Crippen LogP contribution in [0.3, 0.4) is 0 Å². The number of nitrogens with zero attached hydrogens (tertiary/aromatic N) is 1. The van der Waals surface area contributed by atoms with Crippen molar-refractivity contribution in [3.8, 4) is 0 Å². The van der Waals surface area contributed by atoms with Gasteiger partial charge in [0.05, 0.1) is 5.71 Å². The van der Waals surface area contributed by atoms with Gasteiger partial charge in [-0.2, -0.15) is 0 Å². The molecule has 0 bridgehead atoms. The van der Waals surface area contributed by atoms with Gasteiger partial charge in [0.15, 0.2) is 0 Å². The van der Waals surface area contributed by atoms with Crippen molar-refractivity contribution in [2.45, 2.75) is 11.8 Å². The van der Waals surface area contributed by atoms with Gasteiger partial charge in [0, 0.05) is 4.90 Å². The third kappa shape index (κ3) is 3.94. The molecule has 0 aliphatic rings. The number of thioether (sulfide) groups is 1. The Morgan fingerprint density at radius 1 is 1.44 bits per heavy atom. The number of carboxylic acids is 1. The molecule has 1 aromatic carbocycles. The molecule has 16 heavy (non-hydrogen) atoms. The molecule has 0 atom stereocenters. The van der Waals surface area contributed by atoms with Crippen molar-refractivity contribution < 1.29 is 14.7 Å². The lowest BCUT2D eigenvalue weighted by atomic mass is 10.1. The molecule has 0 aromatic heterocycles. The number of carbonyl (C=O) groups is 1. The lowest BCUT2D eigenvalue weighted by molar-refractivity contribution is -0.142. The standard InChI is InChI=1S/C11H13NO3S/c1-8(12-15-7-11(13)14)9-3-5-10(16-2)6-4-9/h3-6H,7H2,1-2H3,(H,13,14)/b12-8+. The third-order valence-electron chi connectivity index (χ3n) is 1.90. The maximum atomic E-state index is 10.2. The number of hydrogen-bond acceptors (Lipinski definition) is 4. The number of benzene rings is 1. The van der Waals surface area contributed by atoms with E-state index < -0.39 is 12.6 Å². The van der Waals surface area contributed by atoms with Gasteiger partial charge < -0.3 is 9.94 Å². The highest BCUT2D eigenvalue weighted by molar-refractivity contribution is 7.98. The van der Waals surface area contributed by atoms with Crippen molar-refractivity contribution in [1.29, 1.82) is 0 Å². The summed E-state index contributed by atoms with van der Waals surface area (Å²) < 4.78 is 0. The molecule has 0 saturated carbocycles. The average molecular weight is 239 g/mol.